The van der Waals surface area contributed by atoms with Crippen LogP contribution in [0.5, 0.6) is 5.75 Å². The minimum Gasteiger partial charge on any atom is -0.478 e. The van der Waals surface area contributed by atoms with Gasteiger partial charge in [-0.15, -0.1) is 0 Å². The lowest BCUT2D eigenvalue weighted by Gasteiger charge is -2.44. The normalized spacial score (nSPS) is 29.0. The highest BCUT2D eigenvalue weighted by molar-refractivity contribution is 5.70. The van der Waals surface area contributed by atoms with Gasteiger partial charge in [-0.1, -0.05) is 0 Å². The predicted octanol–water partition coefficient (Wildman–Crippen LogP) is 3.81. The van der Waals surface area contributed by atoms with Gasteiger partial charge in [-0.3, -0.25) is 4.98 Å². The molecule has 186 valence electrons. The highest BCUT2D eigenvalue weighted by Gasteiger charge is 2.50. The Morgan fingerprint density at radius 3 is 2.63 bits per heavy atom. The van der Waals surface area contributed by atoms with Gasteiger partial charge in [-0.05, 0) is 56.6 Å². The van der Waals surface area contributed by atoms with Crippen molar-refractivity contribution in [3.05, 3.63) is 29.8 Å². The summed E-state index contributed by atoms with van der Waals surface area (Å²) in [6.07, 6.45) is 9.23. The summed E-state index contributed by atoms with van der Waals surface area (Å²) in [5.41, 5.74) is 2.23. The molecule has 0 radical (unpaired) electrons. The van der Waals surface area contributed by atoms with Crippen LogP contribution in [0.25, 0.3) is 11.4 Å². The standard InChI is InChI=1S/C26H33N5O4/c1-29-23-22(28-24(29)17-13-18-6-7-19(14-17)31(18)33)21-20(3-2-10-27-21)35-26(23)8-11-30(12-9-26)25(32)34-15-16-4-5-16/h2-3,10,16-19,33H,4-9,11-15H2,1H3. The second-order valence-corrected chi connectivity index (χ2v) is 11.1. The smallest absolute Gasteiger partial charge is 0.409 e. The fourth-order valence-corrected chi connectivity index (χ4v) is 6.79. The maximum atomic E-state index is 12.6. The minimum atomic E-state index is -0.546. The first kappa shape index (κ1) is 21.6. The highest BCUT2D eigenvalue weighted by atomic mass is 16.6. The Bertz CT molecular complexity index is 1140. The first-order chi connectivity index (χ1) is 17.0. The number of piperidine rings is 2. The fraction of sp³-hybridized carbons (Fsp3) is 0.654. The number of pyridine rings is 1. The number of hydrogen-bond acceptors (Lipinski definition) is 7. The Hall–Kier alpha value is -2.65. The average Bonchev–Trinajstić information content (AvgIpc) is 3.60. The molecule has 1 aliphatic carbocycles. The van der Waals surface area contributed by atoms with Gasteiger partial charge in [0.1, 0.15) is 23.0 Å². The van der Waals surface area contributed by atoms with Crippen LogP contribution in [0.3, 0.4) is 0 Å². The van der Waals surface area contributed by atoms with E-state index in [0.29, 0.717) is 44.4 Å². The van der Waals surface area contributed by atoms with E-state index in [0.717, 1.165) is 54.3 Å². The second-order valence-electron chi connectivity index (χ2n) is 11.1. The summed E-state index contributed by atoms with van der Waals surface area (Å²) < 4.78 is 14.5. The van der Waals surface area contributed by atoms with Crippen molar-refractivity contribution in [3.8, 4) is 17.1 Å². The van der Waals surface area contributed by atoms with Crippen molar-refractivity contribution in [2.45, 2.75) is 75.0 Å². The van der Waals surface area contributed by atoms with Crippen LogP contribution in [0, 0.1) is 5.92 Å². The van der Waals surface area contributed by atoms with Crippen molar-refractivity contribution in [1.82, 2.24) is 24.5 Å². The summed E-state index contributed by atoms with van der Waals surface area (Å²) in [5, 5.41) is 12.0. The Morgan fingerprint density at radius 1 is 1.17 bits per heavy atom. The van der Waals surface area contributed by atoms with E-state index in [9.17, 15) is 10.0 Å². The van der Waals surface area contributed by atoms with Crippen molar-refractivity contribution < 1.29 is 19.5 Å². The SMILES string of the molecule is Cn1c(C2CC3CCC(C2)N3O)nc2c1C1(CCN(C(=O)OCC3CC3)CC1)Oc1cccnc1-2. The summed E-state index contributed by atoms with van der Waals surface area (Å²) in [5.74, 6) is 2.68. The molecule has 0 aromatic carbocycles. The number of aromatic nitrogens is 3. The number of fused-ring (bicyclic) bond motifs is 6. The van der Waals surface area contributed by atoms with Gasteiger partial charge in [-0.2, -0.15) is 5.06 Å². The predicted molar refractivity (Wildman–Crippen MR) is 126 cm³/mol. The molecular formula is C26H33N5O4. The Kier molecular flexibility index (Phi) is 4.90. The van der Waals surface area contributed by atoms with Gasteiger partial charge in [0.2, 0.25) is 0 Å². The zero-order valence-corrected chi connectivity index (χ0v) is 20.2. The zero-order valence-electron chi connectivity index (χ0n) is 20.2. The van der Waals surface area contributed by atoms with Crippen molar-refractivity contribution in [2.24, 2.45) is 13.0 Å². The molecule has 2 aromatic rings. The molecule has 5 aliphatic rings. The van der Waals surface area contributed by atoms with Crippen LogP contribution in [0.4, 0.5) is 4.79 Å². The Labute approximate surface area is 205 Å². The van der Waals surface area contributed by atoms with Gasteiger partial charge in [0.25, 0.3) is 0 Å². The summed E-state index contributed by atoms with van der Waals surface area (Å²) in [6, 6.07) is 4.31. The molecule has 6 heterocycles. The largest absolute Gasteiger partial charge is 0.478 e. The molecule has 1 amide bonds. The van der Waals surface area contributed by atoms with E-state index in [1.165, 1.54) is 12.8 Å². The molecule has 1 spiro atoms. The summed E-state index contributed by atoms with van der Waals surface area (Å²) in [7, 11) is 2.10. The van der Waals surface area contributed by atoms with Crippen molar-refractivity contribution in [2.75, 3.05) is 19.7 Å². The maximum absolute atomic E-state index is 12.6. The minimum absolute atomic E-state index is 0.207. The first-order valence-electron chi connectivity index (χ1n) is 13.1. The van der Waals surface area contributed by atoms with Crippen molar-refractivity contribution >= 4 is 6.09 Å². The summed E-state index contributed by atoms with van der Waals surface area (Å²) in [6.45, 7) is 1.72. The van der Waals surface area contributed by atoms with E-state index in [-0.39, 0.29) is 18.2 Å². The highest BCUT2D eigenvalue weighted by Crippen LogP contribution is 2.50. The molecule has 35 heavy (non-hydrogen) atoms. The van der Waals surface area contributed by atoms with E-state index < -0.39 is 5.60 Å². The number of likely N-dealkylation sites (tertiary alicyclic amines) is 1. The topological polar surface area (TPSA) is 93.0 Å². The van der Waals surface area contributed by atoms with E-state index in [4.69, 9.17) is 14.5 Å². The number of rotatable bonds is 3. The third-order valence-corrected chi connectivity index (χ3v) is 8.89. The molecule has 4 aliphatic heterocycles. The van der Waals surface area contributed by atoms with Gasteiger partial charge >= 0.3 is 6.09 Å². The van der Waals surface area contributed by atoms with Crippen LogP contribution in [0.1, 0.15) is 68.8 Å². The molecule has 2 aromatic heterocycles. The molecule has 2 bridgehead atoms. The van der Waals surface area contributed by atoms with E-state index in [1.54, 1.807) is 11.3 Å². The summed E-state index contributed by atoms with van der Waals surface area (Å²) >= 11 is 0. The molecule has 3 saturated heterocycles. The van der Waals surface area contributed by atoms with Crippen LogP contribution in [-0.2, 0) is 17.4 Å². The van der Waals surface area contributed by atoms with Gasteiger partial charge in [-0.25, -0.2) is 9.78 Å². The third kappa shape index (κ3) is 3.46. The number of amides is 1. The van der Waals surface area contributed by atoms with Crippen molar-refractivity contribution in [3.63, 3.8) is 0 Å². The number of carbonyl (C=O) groups is 1. The zero-order chi connectivity index (χ0) is 23.7. The van der Waals surface area contributed by atoms with E-state index in [2.05, 4.69) is 16.6 Å². The maximum Gasteiger partial charge on any atom is 0.409 e. The lowest BCUT2D eigenvalue weighted by Crippen LogP contribution is -2.50. The molecule has 2 atom stereocenters. The second kappa shape index (κ2) is 7.93. The van der Waals surface area contributed by atoms with Gasteiger partial charge in [0, 0.05) is 57.2 Å². The van der Waals surface area contributed by atoms with Crippen LogP contribution in [-0.4, -0.2) is 67.6 Å². The lowest BCUT2D eigenvalue weighted by molar-refractivity contribution is -0.153. The van der Waals surface area contributed by atoms with Gasteiger partial charge in [0.15, 0.2) is 5.60 Å². The fourth-order valence-electron chi connectivity index (χ4n) is 6.79. The van der Waals surface area contributed by atoms with Crippen LogP contribution in [0.15, 0.2) is 18.3 Å². The van der Waals surface area contributed by atoms with E-state index >= 15 is 0 Å². The third-order valence-electron chi connectivity index (χ3n) is 8.89. The number of ether oxygens (including phenoxy) is 2. The number of hydroxylamine groups is 2. The molecule has 2 unspecified atom stereocenters. The average molecular weight is 480 g/mol. The molecule has 4 fully saturated rings. The Balaban J connectivity index is 1.20. The quantitative estimate of drug-likeness (QED) is 0.716. The van der Waals surface area contributed by atoms with E-state index in [1.807, 2.05) is 17.0 Å². The molecule has 7 rings (SSSR count). The number of hydrogen-bond donors (Lipinski definition) is 1. The molecule has 9 nitrogen and oxygen atoms in total. The first-order valence-corrected chi connectivity index (χ1v) is 13.1. The number of carbonyl (C=O) groups excluding carboxylic acids is 1. The van der Waals surface area contributed by atoms with Crippen molar-refractivity contribution in [1.29, 1.82) is 0 Å². The lowest BCUT2D eigenvalue weighted by atomic mass is 9.84. The van der Waals surface area contributed by atoms with Crippen LogP contribution < -0.4 is 4.74 Å². The Morgan fingerprint density at radius 2 is 1.91 bits per heavy atom. The van der Waals surface area contributed by atoms with Crippen LogP contribution >= 0.6 is 0 Å². The molecule has 1 saturated carbocycles. The monoisotopic (exact) mass is 479 g/mol. The van der Waals surface area contributed by atoms with Gasteiger partial charge < -0.3 is 24.1 Å². The number of nitrogens with zero attached hydrogens (tertiary/aromatic N) is 5. The molecule has 9 heteroatoms. The van der Waals surface area contributed by atoms with Gasteiger partial charge in [0.05, 0.1) is 12.3 Å². The summed E-state index contributed by atoms with van der Waals surface area (Å²) in [4.78, 5) is 24.3. The van der Waals surface area contributed by atoms with Crippen LogP contribution in [0.2, 0.25) is 0 Å². The number of imidazole rings is 1. The molecular weight excluding hydrogens is 446 g/mol. The molecule has 1 N–H and O–H groups in total.